The highest BCUT2D eigenvalue weighted by molar-refractivity contribution is 5.87. The second kappa shape index (κ2) is 6.32. The fourth-order valence-corrected chi connectivity index (χ4v) is 5.98. The van der Waals surface area contributed by atoms with Gasteiger partial charge in [0.15, 0.2) is 12.1 Å². The summed E-state index contributed by atoms with van der Waals surface area (Å²) in [6, 6.07) is 7.96. The van der Waals surface area contributed by atoms with Gasteiger partial charge in [0.1, 0.15) is 23.6 Å². The van der Waals surface area contributed by atoms with Gasteiger partial charge >= 0.3 is 0 Å². The molecule has 0 saturated carbocycles. The van der Waals surface area contributed by atoms with Crippen molar-refractivity contribution < 1.29 is 23.7 Å². The fraction of sp³-hybridized carbons (Fsp3) is 0.625. The molecule has 0 N–H and O–H groups in total. The standard InChI is InChI=1S/C24H29NO6/c1-6-25-14-10-8-7-9-12(14)17-16(21(25)26)15-13(23(2,3)29-17)11-27-19-18(15)28-22-20(19)30-24(4,5)31-22/h7-10,13,15,18-20,22H,6,11H2,1-5H3/t13-,15+,18+,19-,20+,22+/m0/s1. The molecule has 166 valence electrons. The molecule has 6 rings (SSSR count). The normalized spacial score (nSPS) is 36.9. The van der Waals surface area contributed by atoms with E-state index in [9.17, 15) is 4.79 Å². The van der Waals surface area contributed by atoms with E-state index in [1.165, 1.54) is 0 Å². The van der Waals surface area contributed by atoms with Gasteiger partial charge in [-0.2, -0.15) is 0 Å². The maximum atomic E-state index is 13.8. The Morgan fingerprint density at radius 3 is 2.61 bits per heavy atom. The van der Waals surface area contributed by atoms with Crippen molar-refractivity contribution in [3.63, 3.8) is 0 Å². The Labute approximate surface area is 181 Å². The van der Waals surface area contributed by atoms with Gasteiger partial charge in [-0.15, -0.1) is 0 Å². The van der Waals surface area contributed by atoms with Gasteiger partial charge in [-0.05, 0) is 46.8 Å². The minimum atomic E-state index is -0.710. The predicted octanol–water partition coefficient (Wildman–Crippen LogP) is 3.17. The van der Waals surface area contributed by atoms with Gasteiger partial charge in [0.2, 0.25) is 0 Å². The number of hydrogen-bond acceptors (Lipinski definition) is 6. The first-order valence-electron chi connectivity index (χ1n) is 11.2. The summed E-state index contributed by atoms with van der Waals surface area (Å²) >= 11 is 0. The number of aromatic nitrogens is 1. The summed E-state index contributed by atoms with van der Waals surface area (Å²) < 4.78 is 33.2. The van der Waals surface area contributed by atoms with Crippen LogP contribution in [0.5, 0.6) is 5.75 Å². The summed E-state index contributed by atoms with van der Waals surface area (Å²) in [5.41, 5.74) is 1.06. The third-order valence-electron chi connectivity index (χ3n) is 7.35. The molecule has 31 heavy (non-hydrogen) atoms. The molecular formula is C24H29NO6. The van der Waals surface area contributed by atoms with Crippen LogP contribution in [0, 0.1) is 5.92 Å². The average Bonchev–Trinajstić information content (AvgIpc) is 3.19. The number of rotatable bonds is 1. The maximum Gasteiger partial charge on any atom is 0.258 e. The lowest BCUT2D eigenvalue weighted by atomic mass is 9.69. The lowest BCUT2D eigenvalue weighted by molar-refractivity contribution is -0.240. The molecule has 0 radical (unpaired) electrons. The van der Waals surface area contributed by atoms with Crippen LogP contribution in [0.15, 0.2) is 29.1 Å². The molecular weight excluding hydrogens is 398 g/mol. The summed E-state index contributed by atoms with van der Waals surface area (Å²) in [5, 5.41) is 0.959. The number of aryl methyl sites for hydroxylation is 1. The Bertz CT molecular complexity index is 1120. The summed E-state index contributed by atoms with van der Waals surface area (Å²) in [6.45, 7) is 11.0. The van der Waals surface area contributed by atoms with E-state index in [0.717, 1.165) is 10.9 Å². The molecule has 5 heterocycles. The van der Waals surface area contributed by atoms with E-state index in [1.807, 2.05) is 49.6 Å². The molecule has 6 atom stereocenters. The van der Waals surface area contributed by atoms with Crippen molar-refractivity contribution in [2.75, 3.05) is 6.61 Å². The van der Waals surface area contributed by atoms with Gasteiger partial charge in [-0.25, -0.2) is 0 Å². The number of fused-ring (bicyclic) bond motifs is 9. The maximum absolute atomic E-state index is 13.8. The first-order valence-corrected chi connectivity index (χ1v) is 11.2. The highest BCUT2D eigenvalue weighted by Crippen LogP contribution is 2.55. The Morgan fingerprint density at radius 1 is 1.06 bits per heavy atom. The zero-order valence-corrected chi connectivity index (χ0v) is 18.6. The molecule has 4 aliphatic heterocycles. The highest BCUT2D eigenvalue weighted by Gasteiger charge is 2.63. The van der Waals surface area contributed by atoms with Crippen molar-refractivity contribution in [2.45, 2.75) is 83.1 Å². The molecule has 0 amide bonds. The van der Waals surface area contributed by atoms with E-state index in [2.05, 4.69) is 13.8 Å². The second-order valence-corrected chi connectivity index (χ2v) is 10.0. The van der Waals surface area contributed by atoms with E-state index in [4.69, 9.17) is 23.7 Å². The zero-order valence-electron chi connectivity index (χ0n) is 18.6. The number of ether oxygens (including phenoxy) is 5. The molecule has 7 heteroatoms. The molecule has 4 aliphatic rings. The topological polar surface area (TPSA) is 68.2 Å². The van der Waals surface area contributed by atoms with Gasteiger partial charge in [0.05, 0.1) is 23.8 Å². The quantitative estimate of drug-likeness (QED) is 0.697. The minimum absolute atomic E-state index is 0.00910. The first kappa shape index (κ1) is 19.7. The minimum Gasteiger partial charge on any atom is -0.486 e. The Kier molecular flexibility index (Phi) is 4.02. The summed E-state index contributed by atoms with van der Waals surface area (Å²) in [6.07, 6.45) is -1.40. The first-order chi connectivity index (χ1) is 14.7. The monoisotopic (exact) mass is 427 g/mol. The van der Waals surface area contributed by atoms with Crippen LogP contribution in [0.2, 0.25) is 0 Å². The van der Waals surface area contributed by atoms with Crippen molar-refractivity contribution >= 4 is 10.9 Å². The average molecular weight is 427 g/mol. The molecule has 1 aromatic carbocycles. The highest BCUT2D eigenvalue weighted by atomic mass is 16.8. The van der Waals surface area contributed by atoms with Crippen molar-refractivity contribution in [1.82, 2.24) is 4.57 Å². The van der Waals surface area contributed by atoms with Gasteiger partial charge in [-0.1, -0.05) is 12.1 Å². The Morgan fingerprint density at radius 2 is 1.84 bits per heavy atom. The van der Waals surface area contributed by atoms with Crippen LogP contribution in [0.1, 0.15) is 46.1 Å². The molecule has 0 bridgehead atoms. The third kappa shape index (κ3) is 2.64. The van der Waals surface area contributed by atoms with Crippen LogP contribution in [-0.2, 0) is 25.5 Å². The molecule has 0 spiro atoms. The second-order valence-electron chi connectivity index (χ2n) is 10.0. The predicted molar refractivity (Wildman–Crippen MR) is 113 cm³/mol. The number of benzene rings is 1. The van der Waals surface area contributed by atoms with Crippen LogP contribution >= 0.6 is 0 Å². The van der Waals surface area contributed by atoms with E-state index in [1.54, 1.807) is 0 Å². The van der Waals surface area contributed by atoms with Gasteiger partial charge in [0, 0.05) is 23.8 Å². The van der Waals surface area contributed by atoms with Crippen LogP contribution < -0.4 is 10.3 Å². The van der Waals surface area contributed by atoms with Crippen LogP contribution in [0.3, 0.4) is 0 Å². The summed E-state index contributed by atoms with van der Waals surface area (Å²) in [7, 11) is 0. The molecule has 7 nitrogen and oxygen atoms in total. The Hall–Kier alpha value is -1.93. The van der Waals surface area contributed by atoms with Gasteiger partial charge in [0.25, 0.3) is 5.56 Å². The van der Waals surface area contributed by atoms with Crippen LogP contribution in [0.25, 0.3) is 10.9 Å². The number of para-hydroxylation sites is 1. The molecule has 0 unspecified atom stereocenters. The largest absolute Gasteiger partial charge is 0.486 e. The van der Waals surface area contributed by atoms with E-state index in [0.29, 0.717) is 24.5 Å². The zero-order chi connectivity index (χ0) is 21.7. The van der Waals surface area contributed by atoms with Crippen molar-refractivity contribution in [2.24, 2.45) is 5.92 Å². The number of hydrogen-bond donors (Lipinski definition) is 0. The van der Waals surface area contributed by atoms with Crippen molar-refractivity contribution in [3.8, 4) is 5.75 Å². The number of pyridine rings is 1. The van der Waals surface area contributed by atoms with Crippen molar-refractivity contribution in [1.29, 1.82) is 0 Å². The van der Waals surface area contributed by atoms with E-state index >= 15 is 0 Å². The molecule has 2 aromatic rings. The lowest BCUT2D eigenvalue weighted by Gasteiger charge is -2.50. The summed E-state index contributed by atoms with van der Waals surface area (Å²) in [5.74, 6) is -0.209. The van der Waals surface area contributed by atoms with E-state index in [-0.39, 0.29) is 35.7 Å². The molecule has 0 aliphatic carbocycles. The molecule has 3 saturated heterocycles. The smallest absolute Gasteiger partial charge is 0.258 e. The SMILES string of the molecule is CCn1c(=O)c2c(c3ccccc31)OC(C)(C)[C@H]1CO[C@@H]3[C@H]4OC(C)(C)O[C@H]4O[C@@H]3[C@@H]21. The van der Waals surface area contributed by atoms with E-state index < -0.39 is 17.7 Å². The van der Waals surface area contributed by atoms with Crippen LogP contribution in [-0.4, -0.2) is 47.2 Å². The molecule has 3 fully saturated rings. The third-order valence-corrected chi connectivity index (χ3v) is 7.35. The Balaban J connectivity index is 1.55. The number of nitrogens with zero attached hydrogens (tertiary/aromatic N) is 1. The van der Waals surface area contributed by atoms with Gasteiger partial charge in [-0.3, -0.25) is 4.79 Å². The van der Waals surface area contributed by atoms with Crippen LogP contribution in [0.4, 0.5) is 0 Å². The van der Waals surface area contributed by atoms with Gasteiger partial charge < -0.3 is 28.3 Å². The fourth-order valence-electron chi connectivity index (χ4n) is 5.98. The lowest BCUT2D eigenvalue weighted by Crippen LogP contribution is -2.58. The van der Waals surface area contributed by atoms with Crippen molar-refractivity contribution in [3.05, 3.63) is 40.2 Å². The summed E-state index contributed by atoms with van der Waals surface area (Å²) in [4.78, 5) is 13.8. The molecule has 1 aromatic heterocycles.